The first-order valence-corrected chi connectivity index (χ1v) is 4.37. The number of rotatable bonds is 3. The van der Waals surface area contributed by atoms with E-state index in [0.717, 1.165) is 13.0 Å². The Hall–Kier alpha value is -0.220. The fourth-order valence-electron chi connectivity index (χ4n) is 1.87. The number of nitrogens with two attached hydrogens (primary N) is 1. The highest BCUT2D eigenvalue weighted by atomic mass is 19.3. The third-order valence-corrected chi connectivity index (χ3v) is 2.61. The van der Waals surface area contributed by atoms with Gasteiger partial charge in [-0.05, 0) is 18.9 Å². The summed E-state index contributed by atoms with van der Waals surface area (Å²) in [6.07, 6.45) is -1.24. The van der Waals surface area contributed by atoms with Gasteiger partial charge in [0.1, 0.15) is 0 Å². The highest BCUT2D eigenvalue weighted by Crippen LogP contribution is 2.23. The summed E-state index contributed by atoms with van der Waals surface area (Å²) in [6.45, 7) is 3.22. The van der Waals surface area contributed by atoms with Gasteiger partial charge in [0.25, 0.3) is 6.43 Å². The fourth-order valence-corrected chi connectivity index (χ4v) is 1.87. The molecule has 1 fully saturated rings. The molecule has 1 aliphatic rings. The average molecular weight is 178 g/mol. The van der Waals surface area contributed by atoms with Gasteiger partial charge in [0, 0.05) is 12.6 Å². The summed E-state index contributed by atoms with van der Waals surface area (Å²) in [5.74, 6) is 0.466. The predicted molar refractivity (Wildman–Crippen MR) is 44.2 cm³/mol. The number of hydrogen-bond donors (Lipinski definition) is 1. The maximum atomic E-state index is 12.0. The van der Waals surface area contributed by atoms with Crippen LogP contribution in [0.25, 0.3) is 0 Å². The van der Waals surface area contributed by atoms with Crippen molar-refractivity contribution in [1.82, 2.24) is 4.90 Å². The largest absolute Gasteiger partial charge is 0.329 e. The van der Waals surface area contributed by atoms with Crippen molar-refractivity contribution in [1.29, 1.82) is 0 Å². The zero-order valence-electron chi connectivity index (χ0n) is 7.34. The number of likely N-dealkylation sites (tertiary alicyclic amines) is 1. The minimum absolute atomic E-state index is 0.119. The summed E-state index contributed by atoms with van der Waals surface area (Å²) in [7, 11) is 0. The van der Waals surface area contributed by atoms with E-state index >= 15 is 0 Å². The van der Waals surface area contributed by atoms with Gasteiger partial charge in [-0.3, -0.25) is 4.90 Å². The van der Waals surface area contributed by atoms with Crippen molar-refractivity contribution in [2.75, 3.05) is 19.6 Å². The molecule has 2 nitrogen and oxygen atoms in total. The lowest BCUT2D eigenvalue weighted by Gasteiger charge is -2.24. The topological polar surface area (TPSA) is 29.3 Å². The smallest absolute Gasteiger partial charge is 0.251 e. The van der Waals surface area contributed by atoms with Crippen molar-refractivity contribution in [3.05, 3.63) is 0 Å². The lowest BCUT2D eigenvalue weighted by atomic mass is 10.0. The Balaban J connectivity index is 2.43. The van der Waals surface area contributed by atoms with E-state index in [-0.39, 0.29) is 12.6 Å². The van der Waals surface area contributed by atoms with Crippen LogP contribution in [0.3, 0.4) is 0 Å². The van der Waals surface area contributed by atoms with Gasteiger partial charge < -0.3 is 5.73 Å². The van der Waals surface area contributed by atoms with Crippen LogP contribution >= 0.6 is 0 Å². The van der Waals surface area contributed by atoms with Crippen LogP contribution < -0.4 is 5.73 Å². The summed E-state index contributed by atoms with van der Waals surface area (Å²) in [4.78, 5) is 1.80. The van der Waals surface area contributed by atoms with Crippen LogP contribution in [0.5, 0.6) is 0 Å². The maximum absolute atomic E-state index is 12.0. The van der Waals surface area contributed by atoms with Gasteiger partial charge in [-0.2, -0.15) is 0 Å². The van der Waals surface area contributed by atoms with Gasteiger partial charge in [0.2, 0.25) is 0 Å². The monoisotopic (exact) mass is 178 g/mol. The second-order valence-electron chi connectivity index (χ2n) is 3.46. The molecule has 2 unspecified atom stereocenters. The third kappa shape index (κ3) is 2.14. The summed E-state index contributed by atoms with van der Waals surface area (Å²) in [5.41, 5.74) is 5.50. The Bertz CT molecular complexity index is 141. The minimum atomic E-state index is -2.23. The highest BCUT2D eigenvalue weighted by Gasteiger charge is 2.31. The molecule has 0 aromatic rings. The molecule has 0 aromatic carbocycles. The molecule has 72 valence electrons. The van der Waals surface area contributed by atoms with Gasteiger partial charge in [0.15, 0.2) is 0 Å². The van der Waals surface area contributed by atoms with Crippen LogP contribution in [-0.4, -0.2) is 37.0 Å². The Kier molecular flexibility index (Phi) is 3.40. The van der Waals surface area contributed by atoms with Crippen LogP contribution in [-0.2, 0) is 0 Å². The molecule has 2 N–H and O–H groups in total. The maximum Gasteiger partial charge on any atom is 0.251 e. The standard InChI is InChI=1S/C8H16F2N2/c1-6-2-3-12(5-8(9)10)7(6)4-11/h6-8H,2-5,11H2,1H3. The molecule has 0 radical (unpaired) electrons. The third-order valence-electron chi connectivity index (χ3n) is 2.61. The SMILES string of the molecule is CC1CCN(CC(F)F)C1CN. The highest BCUT2D eigenvalue weighted by molar-refractivity contribution is 4.85. The Labute approximate surface area is 71.7 Å². The molecule has 1 rings (SSSR count). The van der Waals surface area contributed by atoms with E-state index < -0.39 is 6.43 Å². The first-order chi connectivity index (χ1) is 5.65. The van der Waals surface area contributed by atoms with E-state index in [4.69, 9.17) is 5.73 Å². The molecule has 12 heavy (non-hydrogen) atoms. The summed E-state index contributed by atoms with van der Waals surface area (Å²) in [6, 6.07) is 0.166. The van der Waals surface area contributed by atoms with E-state index in [9.17, 15) is 8.78 Å². The first-order valence-electron chi connectivity index (χ1n) is 4.37. The number of halogens is 2. The molecule has 4 heteroatoms. The van der Waals surface area contributed by atoms with E-state index in [1.807, 2.05) is 0 Å². The molecule has 1 saturated heterocycles. The molecule has 1 heterocycles. The number of hydrogen-bond acceptors (Lipinski definition) is 2. The molecular formula is C8H16F2N2. The average Bonchev–Trinajstić information content (AvgIpc) is 2.30. The molecule has 0 amide bonds. The predicted octanol–water partition coefficient (Wildman–Crippen LogP) is 0.921. The zero-order chi connectivity index (χ0) is 9.14. The number of nitrogens with zero attached hydrogens (tertiary/aromatic N) is 1. The molecular weight excluding hydrogens is 162 g/mol. The van der Waals surface area contributed by atoms with Crippen molar-refractivity contribution in [2.45, 2.75) is 25.8 Å². The van der Waals surface area contributed by atoms with E-state index in [1.165, 1.54) is 0 Å². The molecule has 0 spiro atoms. The Morgan fingerprint density at radius 1 is 1.58 bits per heavy atom. The fraction of sp³-hybridized carbons (Fsp3) is 1.00. The van der Waals surface area contributed by atoms with Crippen molar-refractivity contribution < 1.29 is 8.78 Å². The molecule has 0 aromatic heterocycles. The van der Waals surface area contributed by atoms with E-state index in [2.05, 4.69) is 6.92 Å². The van der Waals surface area contributed by atoms with E-state index in [1.54, 1.807) is 4.90 Å². The second kappa shape index (κ2) is 4.14. The summed E-state index contributed by atoms with van der Waals surface area (Å²) in [5, 5.41) is 0. The van der Waals surface area contributed by atoms with Gasteiger partial charge in [-0.15, -0.1) is 0 Å². The lowest BCUT2D eigenvalue weighted by molar-refractivity contribution is 0.0797. The Morgan fingerprint density at radius 3 is 2.75 bits per heavy atom. The summed E-state index contributed by atoms with van der Waals surface area (Å²) >= 11 is 0. The van der Waals surface area contributed by atoms with Gasteiger partial charge in [0.05, 0.1) is 6.54 Å². The van der Waals surface area contributed by atoms with Crippen LogP contribution in [0, 0.1) is 5.92 Å². The molecule has 0 saturated carbocycles. The van der Waals surface area contributed by atoms with Crippen molar-refractivity contribution in [3.63, 3.8) is 0 Å². The molecule has 0 aliphatic carbocycles. The normalized spacial score (nSPS) is 31.8. The van der Waals surface area contributed by atoms with Gasteiger partial charge in [-0.25, -0.2) is 8.78 Å². The van der Waals surface area contributed by atoms with Gasteiger partial charge >= 0.3 is 0 Å². The second-order valence-corrected chi connectivity index (χ2v) is 3.46. The molecule has 1 aliphatic heterocycles. The zero-order valence-corrected chi connectivity index (χ0v) is 7.34. The number of alkyl halides is 2. The van der Waals surface area contributed by atoms with Crippen molar-refractivity contribution in [3.8, 4) is 0 Å². The van der Waals surface area contributed by atoms with E-state index in [0.29, 0.717) is 12.5 Å². The molecule has 2 atom stereocenters. The van der Waals surface area contributed by atoms with Gasteiger partial charge in [-0.1, -0.05) is 6.92 Å². The van der Waals surface area contributed by atoms with Crippen LogP contribution in [0.1, 0.15) is 13.3 Å². The molecule has 0 bridgehead atoms. The van der Waals surface area contributed by atoms with Crippen LogP contribution in [0.4, 0.5) is 8.78 Å². The van der Waals surface area contributed by atoms with Crippen molar-refractivity contribution in [2.24, 2.45) is 11.7 Å². The van der Waals surface area contributed by atoms with Crippen LogP contribution in [0.2, 0.25) is 0 Å². The minimum Gasteiger partial charge on any atom is -0.329 e. The quantitative estimate of drug-likeness (QED) is 0.696. The first kappa shape index (κ1) is 9.86. The van der Waals surface area contributed by atoms with Crippen molar-refractivity contribution >= 4 is 0 Å². The van der Waals surface area contributed by atoms with Crippen LogP contribution in [0.15, 0.2) is 0 Å². The summed E-state index contributed by atoms with van der Waals surface area (Å²) < 4.78 is 24.1. The lowest BCUT2D eigenvalue weighted by Crippen LogP contribution is -2.40. The Morgan fingerprint density at radius 2 is 2.25 bits per heavy atom.